The molecule has 0 radical (unpaired) electrons. The first kappa shape index (κ1) is 16.6. The summed E-state index contributed by atoms with van der Waals surface area (Å²) in [5.41, 5.74) is 3.28. The lowest BCUT2D eigenvalue weighted by Gasteiger charge is -2.41. The second-order valence-electron chi connectivity index (χ2n) is 6.93. The third-order valence-electron chi connectivity index (χ3n) is 4.88. The summed E-state index contributed by atoms with van der Waals surface area (Å²) in [4.78, 5) is 17.1. The molecule has 1 fully saturated rings. The first-order valence-electron chi connectivity index (χ1n) is 8.67. The number of amides is 1. The summed E-state index contributed by atoms with van der Waals surface area (Å²) < 4.78 is 5.28. The van der Waals surface area contributed by atoms with Gasteiger partial charge in [0.05, 0.1) is 11.8 Å². The first-order chi connectivity index (χ1) is 11.5. The molecule has 2 heterocycles. The lowest BCUT2D eigenvalue weighted by Crippen LogP contribution is -2.54. The average molecular weight is 326 g/mol. The molecule has 1 aliphatic rings. The van der Waals surface area contributed by atoms with E-state index < -0.39 is 0 Å². The van der Waals surface area contributed by atoms with Gasteiger partial charge in [0, 0.05) is 31.4 Å². The summed E-state index contributed by atoms with van der Waals surface area (Å²) in [5.74, 6) is 1.29. The Labute approximate surface area is 144 Å². The van der Waals surface area contributed by atoms with Gasteiger partial charge in [-0.1, -0.05) is 26.0 Å². The van der Waals surface area contributed by atoms with Crippen LogP contribution in [-0.4, -0.2) is 36.5 Å². The van der Waals surface area contributed by atoms with E-state index in [0.29, 0.717) is 17.2 Å². The Morgan fingerprint density at radius 2 is 2.04 bits per heavy atom. The molecular formula is C20H26N2O2. The Morgan fingerprint density at radius 3 is 2.67 bits per heavy atom. The number of benzene rings is 1. The zero-order valence-electron chi connectivity index (χ0n) is 15.0. The average Bonchev–Trinajstić information content (AvgIpc) is 3.00. The van der Waals surface area contributed by atoms with Gasteiger partial charge < -0.3 is 14.2 Å². The Balaban J connectivity index is 1.72. The van der Waals surface area contributed by atoms with Gasteiger partial charge in [0.2, 0.25) is 0 Å². The fourth-order valence-corrected chi connectivity index (χ4v) is 3.34. The van der Waals surface area contributed by atoms with Crippen molar-refractivity contribution in [1.29, 1.82) is 0 Å². The highest BCUT2D eigenvalue weighted by Crippen LogP contribution is 2.25. The van der Waals surface area contributed by atoms with Gasteiger partial charge in [0.15, 0.2) is 0 Å². The van der Waals surface area contributed by atoms with E-state index in [-0.39, 0.29) is 11.9 Å². The smallest absolute Gasteiger partial charge is 0.257 e. The third kappa shape index (κ3) is 3.18. The number of furan rings is 1. The van der Waals surface area contributed by atoms with Gasteiger partial charge in [0.1, 0.15) is 5.76 Å². The summed E-state index contributed by atoms with van der Waals surface area (Å²) in [7, 11) is 0. The van der Waals surface area contributed by atoms with E-state index in [4.69, 9.17) is 4.42 Å². The second-order valence-corrected chi connectivity index (χ2v) is 6.93. The van der Waals surface area contributed by atoms with E-state index >= 15 is 0 Å². The molecule has 2 aromatic rings. The van der Waals surface area contributed by atoms with Gasteiger partial charge in [-0.3, -0.25) is 4.79 Å². The number of hydrogen-bond acceptors (Lipinski definition) is 3. The Bertz CT molecular complexity index is 720. The monoisotopic (exact) mass is 326 g/mol. The number of anilines is 1. The maximum atomic E-state index is 12.7. The van der Waals surface area contributed by atoms with E-state index in [9.17, 15) is 4.79 Å². The van der Waals surface area contributed by atoms with Crippen molar-refractivity contribution in [2.75, 3.05) is 24.5 Å². The molecule has 4 heteroatoms. The fraction of sp³-hybridized carbons (Fsp3) is 0.450. The van der Waals surface area contributed by atoms with Gasteiger partial charge in [-0.15, -0.1) is 0 Å². The minimum absolute atomic E-state index is 0.0735. The van der Waals surface area contributed by atoms with Crippen LogP contribution in [0.4, 0.5) is 5.69 Å². The predicted molar refractivity (Wildman–Crippen MR) is 96.7 cm³/mol. The molecule has 1 aliphatic heterocycles. The van der Waals surface area contributed by atoms with Crippen LogP contribution in [0.5, 0.6) is 0 Å². The standard InChI is InChI=1S/C20H26N2O2/c1-14(2)17-6-5-7-18(12-17)21-9-10-22(15(3)13-21)20(23)19-8-11-24-16(19)4/h5-8,11-12,14-15H,9-10,13H2,1-4H3/t15-/m1/s1. The molecule has 4 nitrogen and oxygen atoms in total. The number of rotatable bonds is 3. The lowest BCUT2D eigenvalue weighted by molar-refractivity contribution is 0.0672. The Kier molecular flexibility index (Phi) is 4.65. The third-order valence-corrected chi connectivity index (χ3v) is 4.88. The van der Waals surface area contributed by atoms with Crippen molar-refractivity contribution in [3.8, 4) is 0 Å². The quantitative estimate of drug-likeness (QED) is 0.853. The maximum absolute atomic E-state index is 12.7. The Morgan fingerprint density at radius 1 is 1.25 bits per heavy atom. The van der Waals surface area contributed by atoms with Crippen LogP contribution in [0.1, 0.15) is 48.4 Å². The number of carbonyl (C=O) groups excluding carboxylic acids is 1. The summed E-state index contributed by atoms with van der Waals surface area (Å²) in [6, 6.07) is 10.7. The van der Waals surface area contributed by atoms with E-state index in [2.05, 4.69) is 49.9 Å². The molecule has 3 rings (SSSR count). The van der Waals surface area contributed by atoms with Crippen LogP contribution >= 0.6 is 0 Å². The minimum atomic E-state index is 0.0735. The van der Waals surface area contributed by atoms with Gasteiger partial charge in [-0.25, -0.2) is 0 Å². The van der Waals surface area contributed by atoms with Crippen molar-refractivity contribution >= 4 is 11.6 Å². The van der Waals surface area contributed by atoms with Crippen LogP contribution in [-0.2, 0) is 0 Å². The highest BCUT2D eigenvalue weighted by molar-refractivity contribution is 5.95. The van der Waals surface area contributed by atoms with Crippen molar-refractivity contribution in [3.63, 3.8) is 0 Å². The van der Waals surface area contributed by atoms with Crippen molar-refractivity contribution in [2.24, 2.45) is 0 Å². The lowest BCUT2D eigenvalue weighted by atomic mass is 10.0. The van der Waals surface area contributed by atoms with Crippen molar-refractivity contribution in [2.45, 2.75) is 39.7 Å². The largest absolute Gasteiger partial charge is 0.469 e. The van der Waals surface area contributed by atoms with Crippen molar-refractivity contribution < 1.29 is 9.21 Å². The van der Waals surface area contributed by atoms with E-state index in [1.54, 1.807) is 12.3 Å². The minimum Gasteiger partial charge on any atom is -0.469 e. The van der Waals surface area contributed by atoms with Gasteiger partial charge in [-0.05, 0) is 43.5 Å². The molecule has 0 aliphatic carbocycles. The molecule has 1 aromatic carbocycles. The van der Waals surface area contributed by atoms with Crippen molar-refractivity contribution in [1.82, 2.24) is 4.90 Å². The molecule has 0 N–H and O–H groups in total. The van der Waals surface area contributed by atoms with Gasteiger partial charge in [0.25, 0.3) is 5.91 Å². The molecule has 1 saturated heterocycles. The normalized spacial score (nSPS) is 18.3. The van der Waals surface area contributed by atoms with Gasteiger partial charge in [-0.2, -0.15) is 0 Å². The predicted octanol–water partition coefficient (Wildman–Crippen LogP) is 4.06. The molecule has 1 amide bonds. The fourth-order valence-electron chi connectivity index (χ4n) is 3.34. The zero-order chi connectivity index (χ0) is 17.3. The zero-order valence-corrected chi connectivity index (χ0v) is 15.0. The van der Waals surface area contributed by atoms with Crippen LogP contribution in [0.25, 0.3) is 0 Å². The molecule has 0 bridgehead atoms. The van der Waals surface area contributed by atoms with Crippen LogP contribution < -0.4 is 4.90 Å². The number of hydrogen-bond donors (Lipinski definition) is 0. The van der Waals surface area contributed by atoms with Crippen LogP contribution in [0.15, 0.2) is 41.0 Å². The molecule has 0 saturated carbocycles. The molecule has 24 heavy (non-hydrogen) atoms. The number of nitrogens with zero attached hydrogens (tertiary/aromatic N) is 2. The number of piperazine rings is 1. The maximum Gasteiger partial charge on any atom is 0.257 e. The number of aryl methyl sites for hydroxylation is 1. The first-order valence-corrected chi connectivity index (χ1v) is 8.67. The summed E-state index contributed by atoms with van der Waals surface area (Å²) in [6.07, 6.45) is 1.58. The Hall–Kier alpha value is -2.23. The molecular weight excluding hydrogens is 300 g/mol. The summed E-state index contributed by atoms with van der Waals surface area (Å²) in [5, 5.41) is 0. The molecule has 1 aromatic heterocycles. The van der Waals surface area contributed by atoms with Crippen LogP contribution in [0, 0.1) is 6.92 Å². The second kappa shape index (κ2) is 6.71. The number of carbonyl (C=O) groups is 1. The summed E-state index contributed by atoms with van der Waals surface area (Å²) >= 11 is 0. The molecule has 128 valence electrons. The van der Waals surface area contributed by atoms with Gasteiger partial charge >= 0.3 is 0 Å². The van der Waals surface area contributed by atoms with Crippen molar-refractivity contribution in [3.05, 3.63) is 53.5 Å². The molecule has 0 unspecified atom stereocenters. The highest BCUT2D eigenvalue weighted by Gasteiger charge is 2.29. The molecule has 0 spiro atoms. The highest BCUT2D eigenvalue weighted by atomic mass is 16.3. The molecule has 1 atom stereocenters. The van der Waals surface area contributed by atoms with Crippen LogP contribution in [0.2, 0.25) is 0 Å². The van der Waals surface area contributed by atoms with Crippen LogP contribution in [0.3, 0.4) is 0 Å². The SMILES string of the molecule is Cc1occc1C(=O)N1CCN(c2cccc(C(C)C)c2)C[C@H]1C. The topological polar surface area (TPSA) is 36.7 Å². The van der Waals surface area contributed by atoms with E-state index in [1.807, 2.05) is 11.8 Å². The van der Waals surface area contributed by atoms with E-state index in [0.717, 1.165) is 19.6 Å². The summed E-state index contributed by atoms with van der Waals surface area (Å²) in [6.45, 7) is 10.8. The van der Waals surface area contributed by atoms with E-state index in [1.165, 1.54) is 11.3 Å².